The maximum absolute atomic E-state index is 14.8. The highest BCUT2D eigenvalue weighted by Gasteiger charge is 2.56. The molecule has 7 rings (SSSR count). The molecular formula is C64H88N10O10S4. The number of ether oxygens (including phenoxy) is 2. The van der Waals surface area contributed by atoms with Crippen molar-refractivity contribution >= 4 is 106 Å². The average molecular weight is 1290 g/mol. The number of carbonyl (C=O) groups is 8. The van der Waals surface area contributed by atoms with Gasteiger partial charge in [0, 0.05) is 27.2 Å². The zero-order valence-corrected chi connectivity index (χ0v) is 56.3. The summed E-state index contributed by atoms with van der Waals surface area (Å²) >= 11 is 14.7. The lowest BCUT2D eigenvalue weighted by atomic mass is 9.83. The molecule has 0 aliphatic carbocycles. The Morgan fingerprint density at radius 2 is 0.909 bits per heavy atom. The third-order valence-corrected chi connectivity index (χ3v) is 19.7. The Morgan fingerprint density at radius 3 is 1.23 bits per heavy atom. The fourth-order valence-corrected chi connectivity index (χ4v) is 15.1. The summed E-state index contributed by atoms with van der Waals surface area (Å²) in [6.45, 7) is 22.2. The second-order valence-corrected chi connectivity index (χ2v) is 30.0. The second kappa shape index (κ2) is 28.5. The van der Waals surface area contributed by atoms with Crippen LogP contribution in [0.1, 0.15) is 143 Å². The first kappa shape index (κ1) is 69.0. The lowest BCUT2D eigenvalue weighted by Gasteiger charge is -2.35. The summed E-state index contributed by atoms with van der Waals surface area (Å²) in [5.41, 5.74) is -0.194. The van der Waals surface area contributed by atoms with Crippen LogP contribution >= 0.6 is 48.0 Å². The van der Waals surface area contributed by atoms with Gasteiger partial charge in [-0.25, -0.2) is 9.59 Å². The van der Waals surface area contributed by atoms with E-state index in [0.29, 0.717) is 48.3 Å². The number of fused-ring (bicyclic) bond motifs is 2. The number of amides is 8. The third kappa shape index (κ3) is 17.1. The van der Waals surface area contributed by atoms with E-state index in [1.165, 1.54) is 9.80 Å². The number of thioether (sulfide) groups is 2. The molecule has 24 heteroatoms. The monoisotopic (exact) mass is 1280 g/mol. The van der Waals surface area contributed by atoms with Gasteiger partial charge in [-0.1, -0.05) is 137 Å². The van der Waals surface area contributed by atoms with Crippen LogP contribution in [0.15, 0.2) is 84.9 Å². The molecule has 0 spiro atoms. The fourth-order valence-electron chi connectivity index (χ4n) is 11.3. The van der Waals surface area contributed by atoms with Crippen molar-refractivity contribution in [3.63, 3.8) is 0 Å². The number of benzene rings is 3. The second-order valence-electron chi connectivity index (χ2n) is 26.5. The van der Waals surface area contributed by atoms with Crippen LogP contribution < -0.4 is 31.9 Å². The molecule has 0 bridgehead atoms. The Labute approximate surface area is 537 Å². The third-order valence-electron chi connectivity index (χ3n) is 16.3. The Kier molecular flexibility index (Phi) is 22.4. The maximum Gasteiger partial charge on any atom is 0.410 e. The molecule has 478 valence electrons. The van der Waals surface area contributed by atoms with Crippen LogP contribution in [0.25, 0.3) is 0 Å². The molecule has 4 aliphatic heterocycles. The maximum atomic E-state index is 14.8. The molecule has 4 fully saturated rings. The van der Waals surface area contributed by atoms with E-state index in [0.717, 1.165) is 11.1 Å². The van der Waals surface area contributed by atoms with Gasteiger partial charge in [0.2, 0.25) is 35.4 Å². The van der Waals surface area contributed by atoms with Crippen LogP contribution in [0.2, 0.25) is 0 Å². The Balaban J connectivity index is 0.984. The minimum Gasteiger partial charge on any atom is -0.444 e. The number of hydrogen-bond donors (Lipinski definition) is 6. The molecule has 0 radical (unpaired) electrons. The number of thiocarbonyl (C=S) groups is 2. The topological polar surface area (TPSA) is 240 Å². The van der Waals surface area contributed by atoms with Crippen molar-refractivity contribution in [2.75, 3.05) is 25.6 Å². The summed E-state index contributed by atoms with van der Waals surface area (Å²) < 4.78 is 11.1. The number of nitrogens with one attached hydrogen (secondary N) is 6. The number of nitrogens with zero attached hydrogens (tertiary/aromatic N) is 4. The van der Waals surface area contributed by atoms with Gasteiger partial charge in [0.15, 0.2) is 0 Å². The van der Waals surface area contributed by atoms with Crippen LogP contribution in [0.4, 0.5) is 9.59 Å². The number of rotatable bonds is 18. The van der Waals surface area contributed by atoms with Crippen LogP contribution in [0.3, 0.4) is 0 Å². The van der Waals surface area contributed by atoms with Gasteiger partial charge in [-0.05, 0) is 126 Å². The summed E-state index contributed by atoms with van der Waals surface area (Å²) in [7, 11) is 3.18. The first-order chi connectivity index (χ1) is 41.2. The molecule has 10 atom stereocenters. The average Bonchev–Trinajstić information content (AvgIpc) is 1.74. The van der Waals surface area contributed by atoms with Gasteiger partial charge in [0.05, 0.1) is 32.8 Å². The molecular weight excluding hydrogens is 1200 g/mol. The first-order valence-corrected chi connectivity index (χ1v) is 32.8. The Morgan fingerprint density at radius 1 is 0.580 bits per heavy atom. The normalized spacial score (nSPS) is 22.8. The zero-order valence-electron chi connectivity index (χ0n) is 53.0. The molecule has 3 aromatic rings. The summed E-state index contributed by atoms with van der Waals surface area (Å²) in [5.74, 6) is -1.23. The van der Waals surface area contributed by atoms with Crippen LogP contribution in [-0.2, 0) is 51.3 Å². The lowest BCUT2D eigenvalue weighted by molar-refractivity contribution is -0.143. The van der Waals surface area contributed by atoms with Gasteiger partial charge < -0.3 is 61.0 Å². The molecule has 0 aromatic heterocycles. The van der Waals surface area contributed by atoms with Crippen molar-refractivity contribution < 1.29 is 47.8 Å². The molecule has 4 heterocycles. The van der Waals surface area contributed by atoms with E-state index >= 15 is 0 Å². The van der Waals surface area contributed by atoms with E-state index in [1.54, 1.807) is 151 Å². The molecule has 8 amide bonds. The quantitative estimate of drug-likeness (QED) is 0.0664. The predicted octanol–water partition coefficient (Wildman–Crippen LogP) is 7.90. The molecule has 6 N–H and O–H groups in total. The standard InChI is InChI=1S/C64H88N10O10S4/c1-37(71(13)59(81)83-61(3,4)5)55(85)67-43-29-31-87-45-33-63(9,10)49(73(45)57(43)79)53(77)69-47(41-21-17-15-18-22-41)51(75)65-35-39-25-27-40(28-26-39)36-66-52(76)48(42-23-19-16-20-24-42)70-54(78)50-64(11,12)34-46-74(50)58(80)44(30-32-88-46)68-56(86)38(2)72(14)60(82)84-62(6,7)8/h15-28,37-38,43-50H,29-36H2,1-14H3,(H,65,75)(H,66,76)(H,67,85)(H,68,86)(H,69,77)(H,70,78)/t37-,38-,43-,44-,45-,46-,47-,48-,49+,50+/m0/s1. The van der Waals surface area contributed by atoms with Gasteiger partial charge in [0.25, 0.3) is 0 Å². The largest absolute Gasteiger partial charge is 0.444 e. The van der Waals surface area contributed by atoms with Crippen molar-refractivity contribution in [1.29, 1.82) is 0 Å². The van der Waals surface area contributed by atoms with E-state index in [1.807, 2.05) is 64.1 Å². The van der Waals surface area contributed by atoms with Gasteiger partial charge in [-0.15, -0.1) is 23.5 Å². The molecule has 4 saturated heterocycles. The van der Waals surface area contributed by atoms with Gasteiger partial charge >= 0.3 is 12.2 Å². The Bertz CT molecular complexity index is 2870. The zero-order chi connectivity index (χ0) is 64.8. The van der Waals surface area contributed by atoms with Crippen molar-refractivity contribution in [3.05, 3.63) is 107 Å². The smallest absolute Gasteiger partial charge is 0.410 e. The lowest BCUT2D eigenvalue weighted by Crippen LogP contribution is -2.58. The summed E-state index contributed by atoms with van der Waals surface area (Å²) in [5, 5.41) is 17.9. The first-order valence-electron chi connectivity index (χ1n) is 29.9. The van der Waals surface area contributed by atoms with Crippen LogP contribution in [0.5, 0.6) is 0 Å². The summed E-state index contributed by atoms with van der Waals surface area (Å²) in [6.07, 6.45) is 0.853. The highest BCUT2D eigenvalue weighted by molar-refractivity contribution is 8.00. The minimum atomic E-state index is -1.12. The predicted molar refractivity (Wildman–Crippen MR) is 351 cm³/mol. The molecule has 0 saturated carbocycles. The molecule has 20 nitrogen and oxygen atoms in total. The molecule has 3 aromatic carbocycles. The van der Waals surface area contributed by atoms with E-state index in [9.17, 15) is 38.4 Å². The van der Waals surface area contributed by atoms with Crippen LogP contribution in [-0.4, -0.2) is 161 Å². The van der Waals surface area contributed by atoms with E-state index < -0.39 is 106 Å². The molecule has 4 aliphatic rings. The van der Waals surface area contributed by atoms with Crippen molar-refractivity contribution in [2.24, 2.45) is 10.8 Å². The van der Waals surface area contributed by atoms with E-state index in [-0.39, 0.29) is 45.6 Å². The summed E-state index contributed by atoms with van der Waals surface area (Å²) in [4.78, 5) is 120. The van der Waals surface area contributed by atoms with Gasteiger partial charge in [-0.3, -0.25) is 28.8 Å². The Hall–Kier alpha value is -6.50. The highest BCUT2D eigenvalue weighted by atomic mass is 32.2. The molecule has 0 unspecified atom stereocenters. The number of carbonyl (C=O) groups excluding carboxylic acids is 8. The van der Waals surface area contributed by atoms with Crippen molar-refractivity contribution in [1.82, 2.24) is 51.5 Å². The van der Waals surface area contributed by atoms with Gasteiger partial charge in [0.1, 0.15) is 47.5 Å². The minimum absolute atomic E-state index is 0.101. The number of hydrogen-bond acceptors (Lipinski definition) is 14. The van der Waals surface area contributed by atoms with Crippen LogP contribution in [0, 0.1) is 10.8 Å². The summed E-state index contributed by atoms with van der Waals surface area (Å²) in [6, 6.07) is 18.3. The fraction of sp³-hybridized carbons (Fsp3) is 0.562. The van der Waals surface area contributed by atoms with Crippen molar-refractivity contribution in [3.8, 4) is 0 Å². The molecule has 88 heavy (non-hydrogen) atoms. The number of likely N-dealkylation sites (N-methyl/N-ethyl adjacent to an activating group) is 2. The van der Waals surface area contributed by atoms with E-state index in [2.05, 4.69) is 31.9 Å². The van der Waals surface area contributed by atoms with Gasteiger partial charge in [-0.2, -0.15) is 0 Å². The highest BCUT2D eigenvalue weighted by Crippen LogP contribution is 2.48. The SMILES string of the molecule is C[C@@H](C(=S)N[C@H]1CCS[C@H]2CC(C)(C)[C@@H](C(=O)N[C@H](C(=O)NCc3ccc(CNC(=O)[C@@H](NC(=O)[C@H]4N5C(=O)[C@@H](NC(=S)[C@H](C)N(C)C(=O)OC(C)(C)C)CCS[C@H]5CC4(C)C)c4ccccc4)cc3)c3ccccc3)N2C1=O)N(C)C(=O)OC(C)(C)C. The van der Waals surface area contributed by atoms with E-state index in [4.69, 9.17) is 33.9 Å². The van der Waals surface area contributed by atoms with Crippen molar-refractivity contribution in [2.45, 2.75) is 192 Å².